The predicted octanol–water partition coefficient (Wildman–Crippen LogP) is 3.92. The van der Waals surface area contributed by atoms with Crippen molar-refractivity contribution >= 4 is 16.9 Å². The quantitative estimate of drug-likeness (QED) is 0.840. The number of amides is 2. The Kier molecular flexibility index (Phi) is 6.32. The minimum absolute atomic E-state index is 0.0879. The average molecular weight is 370 g/mol. The van der Waals surface area contributed by atoms with Gasteiger partial charge in [-0.25, -0.2) is 4.79 Å². The Morgan fingerprint density at radius 1 is 1.22 bits per heavy atom. The molecule has 2 amide bonds. The molecule has 2 N–H and O–H groups in total. The topological polar surface area (TPSA) is 63.2 Å². The molecule has 0 aliphatic carbocycles. The fourth-order valence-electron chi connectivity index (χ4n) is 3.98. The largest absolute Gasteiger partial charge is 0.377 e. The van der Waals surface area contributed by atoms with E-state index in [0.29, 0.717) is 19.0 Å². The molecule has 146 valence electrons. The Morgan fingerprint density at radius 2 is 2.04 bits per heavy atom. The number of urea groups is 1. The molecule has 3 rings (SSSR count). The van der Waals surface area contributed by atoms with Crippen molar-refractivity contribution in [3.63, 3.8) is 0 Å². The lowest BCUT2D eigenvalue weighted by Gasteiger charge is -2.40. The van der Waals surface area contributed by atoms with Gasteiger partial charge in [0.2, 0.25) is 0 Å². The molecule has 2 aromatic rings. The van der Waals surface area contributed by atoms with E-state index in [4.69, 9.17) is 4.74 Å². The number of ether oxygens (including phenoxy) is 1. The summed E-state index contributed by atoms with van der Waals surface area (Å²) in [5.41, 5.74) is 2.25. The number of para-hydroxylation sites is 1. The van der Waals surface area contributed by atoms with Gasteiger partial charge in [0.25, 0.3) is 0 Å². The molecule has 2 heterocycles. The number of carbonyl (C=O) groups excluding carboxylic acids is 1. The van der Waals surface area contributed by atoms with E-state index in [1.54, 1.807) is 0 Å². The van der Waals surface area contributed by atoms with E-state index < -0.39 is 0 Å². The van der Waals surface area contributed by atoms with Gasteiger partial charge in [-0.05, 0) is 36.3 Å². The van der Waals surface area contributed by atoms with Crippen LogP contribution < -0.4 is 10.6 Å². The highest BCUT2D eigenvalue weighted by Gasteiger charge is 2.35. The van der Waals surface area contributed by atoms with Crippen LogP contribution in [0.4, 0.5) is 4.79 Å². The number of aromatic nitrogens is 1. The van der Waals surface area contributed by atoms with E-state index in [0.717, 1.165) is 42.3 Å². The van der Waals surface area contributed by atoms with Crippen LogP contribution in [0.5, 0.6) is 0 Å². The lowest BCUT2D eigenvalue weighted by molar-refractivity contribution is -0.0837. The Morgan fingerprint density at radius 3 is 2.85 bits per heavy atom. The normalized spacial score (nSPS) is 20.4. The van der Waals surface area contributed by atoms with Crippen molar-refractivity contribution in [2.24, 2.45) is 11.3 Å². The fourth-order valence-corrected chi connectivity index (χ4v) is 3.98. The first-order chi connectivity index (χ1) is 12.9. The van der Waals surface area contributed by atoms with Crippen LogP contribution in [0, 0.1) is 11.3 Å². The first-order valence-electron chi connectivity index (χ1n) is 9.91. The zero-order valence-electron chi connectivity index (χ0n) is 16.6. The standard InChI is InChI=1S/C22H31N3O2/c1-22(2,3)20-18(10-6-14-27-20)15-25-21(26)24-13-11-17-8-4-7-16-9-5-12-23-19(16)17/h4-5,7-9,12,18,20H,6,10-11,13-15H2,1-3H3,(H2,24,25,26). The van der Waals surface area contributed by atoms with E-state index in [-0.39, 0.29) is 17.6 Å². The van der Waals surface area contributed by atoms with E-state index in [1.165, 1.54) is 0 Å². The second-order valence-electron chi connectivity index (χ2n) is 8.44. The number of hydrogen-bond acceptors (Lipinski definition) is 3. The summed E-state index contributed by atoms with van der Waals surface area (Å²) in [6, 6.07) is 10.1. The Hall–Kier alpha value is -2.14. The van der Waals surface area contributed by atoms with Gasteiger partial charge in [0.15, 0.2) is 0 Å². The summed E-state index contributed by atoms with van der Waals surface area (Å²) in [6.07, 6.45) is 4.93. The van der Waals surface area contributed by atoms with Crippen LogP contribution in [0.3, 0.4) is 0 Å². The Balaban J connectivity index is 1.47. The molecule has 1 saturated heterocycles. The molecule has 0 bridgehead atoms. The molecule has 1 aliphatic rings. The first kappa shape index (κ1) is 19.6. The number of rotatable bonds is 5. The number of benzene rings is 1. The monoisotopic (exact) mass is 369 g/mol. The predicted molar refractivity (Wildman–Crippen MR) is 109 cm³/mol. The van der Waals surface area contributed by atoms with Crippen LogP contribution in [0.2, 0.25) is 0 Å². The van der Waals surface area contributed by atoms with Gasteiger partial charge >= 0.3 is 6.03 Å². The summed E-state index contributed by atoms with van der Waals surface area (Å²) in [5, 5.41) is 7.13. The maximum Gasteiger partial charge on any atom is 0.314 e. The summed E-state index contributed by atoms with van der Waals surface area (Å²) in [7, 11) is 0. The van der Waals surface area contributed by atoms with E-state index in [2.05, 4.69) is 54.6 Å². The number of carbonyl (C=O) groups is 1. The fraction of sp³-hybridized carbons (Fsp3) is 0.545. The summed E-state index contributed by atoms with van der Waals surface area (Å²) >= 11 is 0. The molecular weight excluding hydrogens is 338 g/mol. The zero-order chi connectivity index (χ0) is 19.3. The Labute approximate surface area is 161 Å². The van der Waals surface area contributed by atoms with Crippen LogP contribution >= 0.6 is 0 Å². The first-order valence-corrected chi connectivity index (χ1v) is 9.91. The molecule has 1 aromatic heterocycles. The van der Waals surface area contributed by atoms with Crippen LogP contribution in [-0.4, -0.2) is 36.8 Å². The second-order valence-corrected chi connectivity index (χ2v) is 8.44. The summed E-state index contributed by atoms with van der Waals surface area (Å²) in [5.74, 6) is 0.367. The highest BCUT2D eigenvalue weighted by molar-refractivity contribution is 5.81. The molecule has 5 heteroatoms. The van der Waals surface area contributed by atoms with Gasteiger partial charge in [0, 0.05) is 37.2 Å². The van der Waals surface area contributed by atoms with Crippen molar-refractivity contribution in [3.05, 3.63) is 42.1 Å². The van der Waals surface area contributed by atoms with Gasteiger partial charge in [-0.3, -0.25) is 4.98 Å². The van der Waals surface area contributed by atoms with Crippen molar-refractivity contribution in [3.8, 4) is 0 Å². The van der Waals surface area contributed by atoms with Gasteiger partial charge in [0.05, 0.1) is 11.6 Å². The maximum absolute atomic E-state index is 12.2. The number of fused-ring (bicyclic) bond motifs is 1. The van der Waals surface area contributed by atoms with Gasteiger partial charge in [-0.1, -0.05) is 45.0 Å². The van der Waals surface area contributed by atoms with Gasteiger partial charge in [0.1, 0.15) is 0 Å². The highest BCUT2D eigenvalue weighted by Crippen LogP contribution is 2.33. The third-order valence-corrected chi connectivity index (χ3v) is 5.22. The number of nitrogens with one attached hydrogen (secondary N) is 2. The van der Waals surface area contributed by atoms with E-state index in [9.17, 15) is 4.79 Å². The molecule has 5 nitrogen and oxygen atoms in total. The molecule has 1 aromatic carbocycles. The molecule has 2 unspecified atom stereocenters. The van der Waals surface area contributed by atoms with Crippen molar-refractivity contribution in [1.29, 1.82) is 0 Å². The lowest BCUT2D eigenvalue weighted by atomic mass is 9.78. The Bertz CT molecular complexity index is 764. The third kappa shape index (κ3) is 5.19. The number of hydrogen-bond donors (Lipinski definition) is 2. The van der Waals surface area contributed by atoms with Crippen LogP contribution in [0.25, 0.3) is 10.9 Å². The van der Waals surface area contributed by atoms with Crippen molar-refractivity contribution in [1.82, 2.24) is 15.6 Å². The van der Waals surface area contributed by atoms with Crippen LogP contribution in [-0.2, 0) is 11.2 Å². The minimum atomic E-state index is -0.110. The van der Waals surface area contributed by atoms with E-state index in [1.807, 2.05) is 18.3 Å². The molecule has 0 radical (unpaired) electrons. The van der Waals surface area contributed by atoms with Crippen LogP contribution in [0.1, 0.15) is 39.2 Å². The summed E-state index contributed by atoms with van der Waals surface area (Å²) in [4.78, 5) is 16.7. The zero-order valence-corrected chi connectivity index (χ0v) is 16.6. The lowest BCUT2D eigenvalue weighted by Crippen LogP contribution is -2.47. The molecule has 0 spiro atoms. The van der Waals surface area contributed by atoms with Crippen LogP contribution in [0.15, 0.2) is 36.5 Å². The maximum atomic E-state index is 12.2. The minimum Gasteiger partial charge on any atom is -0.377 e. The molecule has 1 aliphatic heterocycles. The second kappa shape index (κ2) is 8.70. The third-order valence-electron chi connectivity index (χ3n) is 5.22. The van der Waals surface area contributed by atoms with Crippen molar-refractivity contribution < 1.29 is 9.53 Å². The number of pyridine rings is 1. The van der Waals surface area contributed by atoms with E-state index >= 15 is 0 Å². The highest BCUT2D eigenvalue weighted by atomic mass is 16.5. The molecule has 1 fully saturated rings. The van der Waals surface area contributed by atoms with Crippen molar-refractivity contribution in [2.45, 2.75) is 46.1 Å². The molecular formula is C22H31N3O2. The molecule has 0 saturated carbocycles. The SMILES string of the molecule is CC(C)(C)C1OCCCC1CNC(=O)NCCc1cccc2cccnc12. The van der Waals surface area contributed by atoms with Gasteiger partial charge < -0.3 is 15.4 Å². The number of nitrogens with zero attached hydrogens (tertiary/aromatic N) is 1. The van der Waals surface area contributed by atoms with Crippen molar-refractivity contribution in [2.75, 3.05) is 19.7 Å². The molecule has 27 heavy (non-hydrogen) atoms. The summed E-state index contributed by atoms with van der Waals surface area (Å²) in [6.45, 7) is 8.68. The average Bonchev–Trinajstić information content (AvgIpc) is 2.66. The smallest absolute Gasteiger partial charge is 0.314 e. The molecule has 2 atom stereocenters. The van der Waals surface area contributed by atoms with Gasteiger partial charge in [-0.2, -0.15) is 0 Å². The van der Waals surface area contributed by atoms with Gasteiger partial charge in [-0.15, -0.1) is 0 Å². The summed E-state index contributed by atoms with van der Waals surface area (Å²) < 4.78 is 5.99.